The Morgan fingerprint density at radius 1 is 0.353 bits per heavy atom. The first-order valence-corrected chi connectivity index (χ1v) is 29.8. The van der Waals surface area contributed by atoms with E-state index in [4.69, 9.17) is 9.47 Å². The molecule has 396 valence electrons. The molecule has 1 atom stereocenters. The van der Waals surface area contributed by atoms with Crippen LogP contribution in [0.3, 0.4) is 0 Å². The fourth-order valence-corrected chi connectivity index (χ4v) is 8.88. The van der Waals surface area contributed by atoms with Gasteiger partial charge in [-0.05, 0) is 57.8 Å². The number of aliphatic hydroxyl groups excluding tert-OH is 1. The van der Waals surface area contributed by atoms with Crippen molar-refractivity contribution in [3.05, 3.63) is 60.8 Å². The highest BCUT2D eigenvalue weighted by molar-refractivity contribution is 5.70. The first-order valence-electron chi connectivity index (χ1n) is 29.8. The van der Waals surface area contributed by atoms with Crippen molar-refractivity contribution in [3.8, 4) is 0 Å². The lowest BCUT2D eigenvalue weighted by Crippen LogP contribution is -2.28. The Kier molecular flexibility index (Phi) is 56.8. The summed E-state index contributed by atoms with van der Waals surface area (Å²) in [4.78, 5) is 24.5. The van der Waals surface area contributed by atoms with Crippen LogP contribution in [0.4, 0.5) is 0 Å². The smallest absolute Gasteiger partial charge is 0.306 e. The third kappa shape index (κ3) is 56.2. The van der Waals surface area contributed by atoms with Crippen LogP contribution in [0, 0.1) is 0 Å². The molecule has 5 nitrogen and oxygen atoms in total. The van der Waals surface area contributed by atoms with E-state index in [2.05, 4.69) is 74.6 Å². The van der Waals surface area contributed by atoms with E-state index in [0.29, 0.717) is 12.8 Å². The predicted octanol–water partition coefficient (Wildman–Crippen LogP) is 20.2. The molecule has 0 aliphatic carbocycles. The summed E-state index contributed by atoms with van der Waals surface area (Å²) in [7, 11) is 0. The van der Waals surface area contributed by atoms with Crippen molar-refractivity contribution in [2.75, 3.05) is 13.2 Å². The summed E-state index contributed by atoms with van der Waals surface area (Å²) in [5.74, 6) is -0.573. The molecule has 0 aromatic heterocycles. The molecule has 0 saturated carbocycles. The van der Waals surface area contributed by atoms with Gasteiger partial charge in [0.2, 0.25) is 0 Å². The zero-order valence-corrected chi connectivity index (χ0v) is 45.4. The lowest BCUT2D eigenvalue weighted by Gasteiger charge is -2.15. The van der Waals surface area contributed by atoms with Gasteiger partial charge in [0, 0.05) is 12.8 Å². The van der Waals surface area contributed by atoms with E-state index in [0.717, 1.165) is 64.2 Å². The van der Waals surface area contributed by atoms with E-state index in [9.17, 15) is 14.7 Å². The van der Waals surface area contributed by atoms with Crippen molar-refractivity contribution in [2.24, 2.45) is 0 Å². The third-order valence-corrected chi connectivity index (χ3v) is 13.3. The number of esters is 2. The second-order valence-electron chi connectivity index (χ2n) is 20.1. The van der Waals surface area contributed by atoms with Crippen LogP contribution in [-0.4, -0.2) is 36.4 Å². The molecule has 0 saturated heterocycles. The van der Waals surface area contributed by atoms with E-state index >= 15 is 0 Å². The van der Waals surface area contributed by atoms with Gasteiger partial charge in [-0.3, -0.25) is 9.59 Å². The quantitative estimate of drug-likeness (QED) is 0.0374. The number of carbonyl (C=O) groups is 2. The average molecular weight is 952 g/mol. The largest absolute Gasteiger partial charge is 0.462 e. The predicted molar refractivity (Wildman–Crippen MR) is 297 cm³/mol. The summed E-state index contributed by atoms with van der Waals surface area (Å²) in [5, 5.41) is 9.66. The topological polar surface area (TPSA) is 72.8 Å². The van der Waals surface area contributed by atoms with Gasteiger partial charge in [0.15, 0.2) is 6.10 Å². The zero-order chi connectivity index (χ0) is 49.2. The second-order valence-corrected chi connectivity index (χ2v) is 20.1. The highest BCUT2D eigenvalue weighted by atomic mass is 16.6. The second kappa shape index (κ2) is 58.9. The minimum Gasteiger partial charge on any atom is -0.462 e. The molecule has 0 heterocycles. The van der Waals surface area contributed by atoms with Crippen LogP contribution < -0.4 is 0 Å². The van der Waals surface area contributed by atoms with Crippen molar-refractivity contribution in [1.82, 2.24) is 0 Å². The molecule has 0 aromatic carbocycles. The van der Waals surface area contributed by atoms with Crippen LogP contribution in [-0.2, 0) is 19.1 Å². The van der Waals surface area contributed by atoms with Crippen LogP contribution in [0.15, 0.2) is 60.8 Å². The number of unbranched alkanes of at least 4 members (excludes halogenated alkanes) is 37. The minimum absolute atomic E-state index is 0.0606. The Labute approximate surface area is 423 Å². The standard InChI is InChI=1S/C63H114O5/c1-3-5-7-9-11-13-15-17-19-21-23-24-25-26-27-28-29-30-31-32-33-34-35-36-37-38-40-42-44-46-48-50-52-54-56-58-63(66)68-61(59-64)60-67-62(65)57-55-53-51-49-47-45-43-41-39-22-20-18-16-14-12-10-8-6-4-2/h5,7,11,13,17,19,23-24,26-27,61,64H,3-4,6,8-10,12,14-16,18,20-22,25,28-60H2,1-2H3/b7-5-,13-11-,19-17-,24-23-,27-26-. The molecule has 0 aromatic rings. The van der Waals surface area contributed by atoms with Gasteiger partial charge < -0.3 is 14.6 Å². The monoisotopic (exact) mass is 951 g/mol. The number of rotatable bonds is 55. The molecule has 0 aliphatic heterocycles. The number of hydrogen-bond donors (Lipinski definition) is 1. The molecule has 0 fully saturated rings. The maximum atomic E-state index is 12.3. The molecular formula is C63H114O5. The van der Waals surface area contributed by atoms with Crippen LogP contribution in [0.1, 0.15) is 309 Å². The van der Waals surface area contributed by atoms with Gasteiger partial charge in [-0.15, -0.1) is 0 Å². The Morgan fingerprint density at radius 2 is 0.632 bits per heavy atom. The van der Waals surface area contributed by atoms with E-state index in [1.165, 1.54) is 218 Å². The zero-order valence-electron chi connectivity index (χ0n) is 45.4. The summed E-state index contributed by atoms with van der Waals surface area (Å²) in [5.41, 5.74) is 0. The number of allylic oxidation sites excluding steroid dienone is 10. The Hall–Kier alpha value is -2.40. The summed E-state index contributed by atoms with van der Waals surface area (Å²) in [6.45, 7) is 4.07. The van der Waals surface area contributed by atoms with Crippen molar-refractivity contribution in [3.63, 3.8) is 0 Å². The highest BCUT2D eigenvalue weighted by Crippen LogP contribution is 2.17. The maximum Gasteiger partial charge on any atom is 0.306 e. The first-order chi connectivity index (χ1) is 33.6. The fourth-order valence-electron chi connectivity index (χ4n) is 8.88. The van der Waals surface area contributed by atoms with Crippen molar-refractivity contribution in [1.29, 1.82) is 0 Å². The van der Waals surface area contributed by atoms with Gasteiger partial charge in [-0.2, -0.15) is 0 Å². The Balaban J connectivity index is 3.43. The molecule has 0 radical (unpaired) electrons. The van der Waals surface area contributed by atoms with E-state index in [1.54, 1.807) is 0 Å². The third-order valence-electron chi connectivity index (χ3n) is 13.3. The SMILES string of the molecule is CC/C=C\C/C=C\C/C=C\C/C=C\C/C=C\CCCCCCCCCCCCCCCCCCCCCC(=O)OC(CO)COC(=O)CCCCCCCCCCCCCCCCCCCCC. The van der Waals surface area contributed by atoms with Crippen LogP contribution >= 0.6 is 0 Å². The molecule has 0 bridgehead atoms. The molecule has 68 heavy (non-hydrogen) atoms. The average Bonchev–Trinajstić information content (AvgIpc) is 3.34. The van der Waals surface area contributed by atoms with E-state index in [1.807, 2.05) is 0 Å². The fraction of sp³-hybridized carbons (Fsp3) is 0.810. The minimum atomic E-state index is -0.770. The van der Waals surface area contributed by atoms with Crippen LogP contribution in [0.5, 0.6) is 0 Å². The summed E-state index contributed by atoms with van der Waals surface area (Å²) >= 11 is 0. The van der Waals surface area contributed by atoms with Gasteiger partial charge in [0.25, 0.3) is 0 Å². The van der Waals surface area contributed by atoms with Gasteiger partial charge >= 0.3 is 11.9 Å². The molecule has 0 spiro atoms. The van der Waals surface area contributed by atoms with Crippen molar-refractivity contribution >= 4 is 11.9 Å². The molecule has 1 unspecified atom stereocenters. The van der Waals surface area contributed by atoms with Gasteiger partial charge in [-0.25, -0.2) is 0 Å². The maximum absolute atomic E-state index is 12.3. The Bertz CT molecular complexity index is 1170. The van der Waals surface area contributed by atoms with Gasteiger partial charge in [-0.1, -0.05) is 299 Å². The molecule has 0 aliphatic rings. The van der Waals surface area contributed by atoms with Gasteiger partial charge in [0.1, 0.15) is 6.61 Å². The highest BCUT2D eigenvalue weighted by Gasteiger charge is 2.16. The molecular weight excluding hydrogens is 837 g/mol. The van der Waals surface area contributed by atoms with Crippen molar-refractivity contribution < 1.29 is 24.2 Å². The molecule has 5 heteroatoms. The van der Waals surface area contributed by atoms with Crippen molar-refractivity contribution in [2.45, 2.75) is 315 Å². The number of hydrogen-bond acceptors (Lipinski definition) is 5. The summed E-state index contributed by atoms with van der Waals surface area (Å²) < 4.78 is 10.7. The Morgan fingerprint density at radius 3 is 0.956 bits per heavy atom. The van der Waals surface area contributed by atoms with Gasteiger partial charge in [0.05, 0.1) is 6.61 Å². The van der Waals surface area contributed by atoms with Crippen LogP contribution in [0.2, 0.25) is 0 Å². The molecule has 1 N–H and O–H groups in total. The molecule has 0 amide bonds. The number of ether oxygens (including phenoxy) is 2. The van der Waals surface area contributed by atoms with E-state index < -0.39 is 6.10 Å². The molecule has 0 rings (SSSR count). The number of aliphatic hydroxyl groups is 1. The normalized spacial score (nSPS) is 12.6. The number of carbonyl (C=O) groups excluding carboxylic acids is 2. The summed E-state index contributed by atoms with van der Waals surface area (Å²) in [6, 6.07) is 0. The lowest BCUT2D eigenvalue weighted by molar-refractivity contribution is -0.161. The lowest BCUT2D eigenvalue weighted by atomic mass is 10.0. The first kappa shape index (κ1) is 65.6. The van der Waals surface area contributed by atoms with E-state index in [-0.39, 0.29) is 25.2 Å². The van der Waals surface area contributed by atoms with Crippen LogP contribution in [0.25, 0.3) is 0 Å². The summed E-state index contributed by atoms with van der Waals surface area (Å²) in [6.07, 6.45) is 79.3.